The molecule has 2 aromatic rings. The van der Waals surface area contributed by atoms with E-state index in [-0.39, 0.29) is 6.79 Å². The maximum absolute atomic E-state index is 5.44. The van der Waals surface area contributed by atoms with Crippen molar-refractivity contribution in [2.75, 3.05) is 13.9 Å². The quantitative estimate of drug-likeness (QED) is 0.916. The summed E-state index contributed by atoms with van der Waals surface area (Å²) in [7, 11) is 1.64. The normalized spacial score (nSPS) is 12.5. The average molecular weight is 285 g/mol. The van der Waals surface area contributed by atoms with E-state index in [1.165, 1.54) is 11.1 Å². The number of methoxy groups -OCH3 is 1. The standard InChI is InChI=1S/C17H19NO3/c1-12-5-3-4-6-14(12)10-18-9-13-7-15(19-2)17-16(8-13)20-11-21-17/h3-8,18H,9-11H2,1-2H3. The predicted molar refractivity (Wildman–Crippen MR) is 80.8 cm³/mol. The highest BCUT2D eigenvalue weighted by atomic mass is 16.7. The zero-order chi connectivity index (χ0) is 14.7. The molecule has 4 heteroatoms. The second-order valence-corrected chi connectivity index (χ2v) is 5.06. The Labute approximate surface area is 124 Å². The number of ether oxygens (including phenoxy) is 3. The number of rotatable bonds is 5. The SMILES string of the molecule is COc1cc(CNCc2ccccc2C)cc2c1OCO2. The third-order valence-corrected chi connectivity index (χ3v) is 3.62. The van der Waals surface area contributed by atoms with Crippen LogP contribution in [0.5, 0.6) is 17.2 Å². The van der Waals surface area contributed by atoms with Crippen LogP contribution in [0, 0.1) is 6.92 Å². The molecule has 0 fully saturated rings. The van der Waals surface area contributed by atoms with Crippen molar-refractivity contribution >= 4 is 0 Å². The molecule has 110 valence electrons. The van der Waals surface area contributed by atoms with E-state index >= 15 is 0 Å². The van der Waals surface area contributed by atoms with Crippen LogP contribution < -0.4 is 19.5 Å². The van der Waals surface area contributed by atoms with Crippen LogP contribution in [-0.4, -0.2) is 13.9 Å². The molecule has 1 heterocycles. The maximum atomic E-state index is 5.44. The Morgan fingerprint density at radius 1 is 1.14 bits per heavy atom. The van der Waals surface area contributed by atoms with E-state index in [4.69, 9.17) is 14.2 Å². The molecule has 0 aliphatic carbocycles. The van der Waals surface area contributed by atoms with Gasteiger partial charge in [0, 0.05) is 13.1 Å². The molecule has 1 aliphatic rings. The minimum absolute atomic E-state index is 0.256. The highest BCUT2D eigenvalue weighted by Crippen LogP contribution is 2.41. The highest BCUT2D eigenvalue weighted by molar-refractivity contribution is 5.55. The molecule has 0 spiro atoms. The summed E-state index contributed by atoms with van der Waals surface area (Å²) < 4.78 is 16.2. The Morgan fingerprint density at radius 2 is 2.00 bits per heavy atom. The lowest BCUT2D eigenvalue weighted by atomic mass is 10.1. The molecule has 0 radical (unpaired) electrons. The summed E-state index contributed by atoms with van der Waals surface area (Å²) in [4.78, 5) is 0. The third-order valence-electron chi connectivity index (χ3n) is 3.62. The van der Waals surface area contributed by atoms with Crippen molar-refractivity contribution in [3.8, 4) is 17.2 Å². The average Bonchev–Trinajstić information content (AvgIpc) is 2.97. The smallest absolute Gasteiger partial charge is 0.231 e. The van der Waals surface area contributed by atoms with E-state index in [9.17, 15) is 0 Å². The second-order valence-electron chi connectivity index (χ2n) is 5.06. The summed E-state index contributed by atoms with van der Waals surface area (Å²) in [6.45, 7) is 3.97. The van der Waals surface area contributed by atoms with E-state index in [0.717, 1.165) is 30.2 Å². The minimum Gasteiger partial charge on any atom is -0.493 e. The molecular weight excluding hydrogens is 266 g/mol. The van der Waals surface area contributed by atoms with Gasteiger partial charge in [-0.15, -0.1) is 0 Å². The van der Waals surface area contributed by atoms with Crippen LogP contribution in [0.2, 0.25) is 0 Å². The number of benzene rings is 2. The maximum Gasteiger partial charge on any atom is 0.231 e. The lowest BCUT2D eigenvalue weighted by molar-refractivity contribution is 0.171. The van der Waals surface area contributed by atoms with E-state index in [1.54, 1.807) is 7.11 Å². The first-order chi connectivity index (χ1) is 10.3. The Bertz CT molecular complexity index is 640. The van der Waals surface area contributed by atoms with Crippen molar-refractivity contribution in [2.45, 2.75) is 20.0 Å². The molecule has 2 aromatic carbocycles. The number of hydrogen-bond acceptors (Lipinski definition) is 4. The van der Waals surface area contributed by atoms with Crippen molar-refractivity contribution in [2.24, 2.45) is 0 Å². The molecule has 21 heavy (non-hydrogen) atoms. The molecular formula is C17H19NO3. The first-order valence-electron chi connectivity index (χ1n) is 6.99. The Balaban J connectivity index is 1.67. The van der Waals surface area contributed by atoms with Crippen LogP contribution in [0.1, 0.15) is 16.7 Å². The summed E-state index contributed by atoms with van der Waals surface area (Å²) in [5, 5.41) is 3.45. The van der Waals surface area contributed by atoms with E-state index in [2.05, 4.69) is 36.5 Å². The molecule has 1 N–H and O–H groups in total. The molecule has 0 amide bonds. The lowest BCUT2D eigenvalue weighted by Crippen LogP contribution is -2.13. The zero-order valence-electron chi connectivity index (χ0n) is 12.3. The molecule has 0 aromatic heterocycles. The molecule has 0 atom stereocenters. The third kappa shape index (κ3) is 2.95. The van der Waals surface area contributed by atoms with Gasteiger partial charge in [-0.05, 0) is 35.7 Å². The Hall–Kier alpha value is -2.20. The van der Waals surface area contributed by atoms with Crippen molar-refractivity contribution < 1.29 is 14.2 Å². The molecule has 0 saturated carbocycles. The summed E-state index contributed by atoms with van der Waals surface area (Å²) in [5.41, 5.74) is 3.73. The van der Waals surface area contributed by atoms with Crippen molar-refractivity contribution in [3.63, 3.8) is 0 Å². The van der Waals surface area contributed by atoms with Gasteiger partial charge in [0.05, 0.1) is 7.11 Å². The topological polar surface area (TPSA) is 39.7 Å². The Morgan fingerprint density at radius 3 is 2.81 bits per heavy atom. The second kappa shape index (κ2) is 6.06. The first kappa shape index (κ1) is 13.8. The monoisotopic (exact) mass is 285 g/mol. The molecule has 3 rings (SSSR count). The summed E-state index contributed by atoms with van der Waals surface area (Å²) in [6.07, 6.45) is 0. The van der Waals surface area contributed by atoms with Crippen molar-refractivity contribution in [3.05, 3.63) is 53.1 Å². The molecule has 1 aliphatic heterocycles. The van der Waals surface area contributed by atoms with Gasteiger partial charge in [-0.1, -0.05) is 24.3 Å². The number of aryl methyl sites for hydroxylation is 1. The van der Waals surface area contributed by atoms with Crippen LogP contribution in [0.4, 0.5) is 0 Å². The van der Waals surface area contributed by atoms with Gasteiger partial charge in [0.25, 0.3) is 0 Å². The van der Waals surface area contributed by atoms with Crippen LogP contribution in [0.15, 0.2) is 36.4 Å². The fourth-order valence-corrected chi connectivity index (χ4v) is 2.44. The number of nitrogens with one attached hydrogen (secondary N) is 1. The van der Waals surface area contributed by atoms with E-state index in [1.807, 2.05) is 12.1 Å². The van der Waals surface area contributed by atoms with Crippen LogP contribution in [0.25, 0.3) is 0 Å². The minimum atomic E-state index is 0.256. The van der Waals surface area contributed by atoms with E-state index in [0.29, 0.717) is 5.75 Å². The van der Waals surface area contributed by atoms with Gasteiger partial charge in [-0.3, -0.25) is 0 Å². The van der Waals surface area contributed by atoms with Gasteiger partial charge in [0.2, 0.25) is 12.5 Å². The van der Waals surface area contributed by atoms with Gasteiger partial charge in [-0.25, -0.2) is 0 Å². The molecule has 0 saturated heterocycles. The van der Waals surface area contributed by atoms with Crippen LogP contribution >= 0.6 is 0 Å². The largest absolute Gasteiger partial charge is 0.493 e. The number of fused-ring (bicyclic) bond motifs is 1. The fraction of sp³-hybridized carbons (Fsp3) is 0.294. The molecule has 4 nitrogen and oxygen atoms in total. The molecule has 0 unspecified atom stereocenters. The van der Waals surface area contributed by atoms with Gasteiger partial charge >= 0.3 is 0 Å². The summed E-state index contributed by atoms with van der Waals surface area (Å²) in [6, 6.07) is 12.4. The van der Waals surface area contributed by atoms with Crippen LogP contribution in [0.3, 0.4) is 0 Å². The van der Waals surface area contributed by atoms with Gasteiger partial charge in [0.15, 0.2) is 11.5 Å². The molecule has 0 bridgehead atoms. The first-order valence-corrected chi connectivity index (χ1v) is 6.99. The lowest BCUT2D eigenvalue weighted by Gasteiger charge is -2.10. The summed E-state index contributed by atoms with van der Waals surface area (Å²) in [5.74, 6) is 2.17. The van der Waals surface area contributed by atoms with Crippen molar-refractivity contribution in [1.29, 1.82) is 0 Å². The van der Waals surface area contributed by atoms with Crippen LogP contribution in [-0.2, 0) is 13.1 Å². The van der Waals surface area contributed by atoms with Crippen molar-refractivity contribution in [1.82, 2.24) is 5.32 Å². The summed E-state index contributed by atoms with van der Waals surface area (Å²) >= 11 is 0. The van der Waals surface area contributed by atoms with Gasteiger partial charge in [-0.2, -0.15) is 0 Å². The van der Waals surface area contributed by atoms with Gasteiger partial charge in [0.1, 0.15) is 0 Å². The predicted octanol–water partition coefficient (Wildman–Crippen LogP) is 3.02. The fourth-order valence-electron chi connectivity index (χ4n) is 2.44. The Kier molecular flexibility index (Phi) is 3.97. The zero-order valence-corrected chi connectivity index (χ0v) is 12.3. The highest BCUT2D eigenvalue weighted by Gasteiger charge is 2.19. The number of hydrogen-bond donors (Lipinski definition) is 1. The van der Waals surface area contributed by atoms with Gasteiger partial charge < -0.3 is 19.5 Å². The van der Waals surface area contributed by atoms with E-state index < -0.39 is 0 Å².